The van der Waals surface area contributed by atoms with Crippen molar-refractivity contribution in [2.24, 2.45) is 11.7 Å². The van der Waals surface area contributed by atoms with E-state index in [9.17, 15) is 0 Å². The number of ether oxygens (including phenoxy) is 1. The van der Waals surface area contributed by atoms with Crippen LogP contribution in [-0.2, 0) is 17.8 Å². The Morgan fingerprint density at radius 2 is 1.94 bits per heavy atom. The number of hydrogen-bond acceptors (Lipinski definition) is 2. The van der Waals surface area contributed by atoms with E-state index < -0.39 is 0 Å². The van der Waals surface area contributed by atoms with Crippen molar-refractivity contribution >= 4 is 0 Å². The zero-order valence-corrected chi connectivity index (χ0v) is 11.6. The first-order valence-corrected chi connectivity index (χ1v) is 7.09. The van der Waals surface area contributed by atoms with E-state index in [1.165, 1.54) is 17.5 Å². The molecule has 0 saturated heterocycles. The van der Waals surface area contributed by atoms with E-state index in [-0.39, 0.29) is 5.60 Å². The molecule has 100 valence electrons. The van der Waals surface area contributed by atoms with Crippen molar-refractivity contribution in [2.75, 3.05) is 6.54 Å². The number of benzene rings is 1. The van der Waals surface area contributed by atoms with Gasteiger partial charge in [-0.1, -0.05) is 38.1 Å². The predicted molar refractivity (Wildman–Crippen MR) is 75.4 cm³/mol. The summed E-state index contributed by atoms with van der Waals surface area (Å²) in [6, 6.07) is 8.71. The van der Waals surface area contributed by atoms with Gasteiger partial charge in [-0.25, -0.2) is 0 Å². The minimum absolute atomic E-state index is 0.0666. The van der Waals surface area contributed by atoms with Gasteiger partial charge in [-0.05, 0) is 42.7 Å². The van der Waals surface area contributed by atoms with Crippen molar-refractivity contribution in [3.05, 3.63) is 35.4 Å². The van der Waals surface area contributed by atoms with Gasteiger partial charge in [0.1, 0.15) is 0 Å². The van der Waals surface area contributed by atoms with Crippen LogP contribution in [0.15, 0.2) is 24.3 Å². The van der Waals surface area contributed by atoms with Crippen LogP contribution in [-0.4, -0.2) is 12.1 Å². The van der Waals surface area contributed by atoms with Crippen molar-refractivity contribution < 1.29 is 4.74 Å². The standard InChI is InChI=1S/C16H25NO/c1-3-14-4-6-15(7-5-14)11-18-16(12-17)9-8-13(2)10-16/h4-7,13H,3,8-12,17H2,1-2H3. The third kappa shape index (κ3) is 3.12. The molecule has 2 atom stereocenters. The SMILES string of the molecule is CCc1ccc(COC2(CN)CCC(C)C2)cc1. The Balaban J connectivity index is 1.93. The summed E-state index contributed by atoms with van der Waals surface area (Å²) in [5.41, 5.74) is 8.48. The van der Waals surface area contributed by atoms with Crippen LogP contribution in [0.5, 0.6) is 0 Å². The van der Waals surface area contributed by atoms with Gasteiger partial charge in [0.25, 0.3) is 0 Å². The lowest BCUT2D eigenvalue weighted by Gasteiger charge is -2.28. The van der Waals surface area contributed by atoms with Crippen LogP contribution in [0.25, 0.3) is 0 Å². The zero-order valence-electron chi connectivity index (χ0n) is 11.6. The molecule has 0 amide bonds. The van der Waals surface area contributed by atoms with Gasteiger partial charge in [0.05, 0.1) is 12.2 Å². The fourth-order valence-electron chi connectivity index (χ4n) is 2.83. The Bertz CT molecular complexity index is 373. The molecule has 18 heavy (non-hydrogen) atoms. The Morgan fingerprint density at radius 3 is 2.44 bits per heavy atom. The normalized spacial score (nSPS) is 27.6. The lowest BCUT2D eigenvalue weighted by molar-refractivity contribution is -0.0471. The Kier molecular flexibility index (Phi) is 4.41. The van der Waals surface area contributed by atoms with E-state index in [1.54, 1.807) is 0 Å². The van der Waals surface area contributed by atoms with E-state index in [4.69, 9.17) is 10.5 Å². The monoisotopic (exact) mass is 247 g/mol. The first-order valence-electron chi connectivity index (χ1n) is 7.09. The van der Waals surface area contributed by atoms with Crippen molar-refractivity contribution in [2.45, 2.75) is 51.7 Å². The van der Waals surface area contributed by atoms with Gasteiger partial charge in [-0.3, -0.25) is 0 Å². The van der Waals surface area contributed by atoms with Crippen LogP contribution in [0.1, 0.15) is 44.2 Å². The van der Waals surface area contributed by atoms with Crippen molar-refractivity contribution in [1.29, 1.82) is 0 Å². The predicted octanol–water partition coefficient (Wildman–Crippen LogP) is 3.28. The Morgan fingerprint density at radius 1 is 1.28 bits per heavy atom. The average Bonchev–Trinajstić information content (AvgIpc) is 2.79. The van der Waals surface area contributed by atoms with Gasteiger partial charge in [0.15, 0.2) is 0 Å². The quantitative estimate of drug-likeness (QED) is 0.866. The lowest BCUT2D eigenvalue weighted by atomic mass is 10.0. The van der Waals surface area contributed by atoms with Gasteiger partial charge in [-0.15, -0.1) is 0 Å². The van der Waals surface area contributed by atoms with E-state index in [2.05, 4.69) is 38.1 Å². The first-order chi connectivity index (χ1) is 8.67. The largest absolute Gasteiger partial charge is 0.369 e. The highest BCUT2D eigenvalue weighted by atomic mass is 16.5. The smallest absolute Gasteiger partial charge is 0.0811 e. The molecule has 2 unspecified atom stereocenters. The molecule has 0 bridgehead atoms. The fraction of sp³-hybridized carbons (Fsp3) is 0.625. The molecule has 1 aromatic carbocycles. The number of aryl methyl sites for hydroxylation is 1. The van der Waals surface area contributed by atoms with Crippen LogP contribution < -0.4 is 5.73 Å². The second kappa shape index (κ2) is 5.85. The van der Waals surface area contributed by atoms with Gasteiger partial charge >= 0.3 is 0 Å². The molecule has 0 spiro atoms. The van der Waals surface area contributed by atoms with E-state index >= 15 is 0 Å². The van der Waals surface area contributed by atoms with Crippen LogP contribution in [0.3, 0.4) is 0 Å². The highest BCUT2D eigenvalue weighted by molar-refractivity contribution is 5.21. The molecular formula is C16H25NO. The summed E-state index contributed by atoms with van der Waals surface area (Å²) in [7, 11) is 0. The minimum atomic E-state index is -0.0666. The number of rotatable bonds is 5. The van der Waals surface area contributed by atoms with E-state index in [0.717, 1.165) is 25.2 Å². The van der Waals surface area contributed by atoms with Gasteiger partial charge in [0.2, 0.25) is 0 Å². The summed E-state index contributed by atoms with van der Waals surface area (Å²) in [4.78, 5) is 0. The summed E-state index contributed by atoms with van der Waals surface area (Å²) >= 11 is 0. The van der Waals surface area contributed by atoms with Crippen molar-refractivity contribution in [3.8, 4) is 0 Å². The highest BCUT2D eigenvalue weighted by Gasteiger charge is 2.37. The second-order valence-electron chi connectivity index (χ2n) is 5.69. The van der Waals surface area contributed by atoms with Crippen LogP contribution in [0.4, 0.5) is 0 Å². The highest BCUT2D eigenvalue weighted by Crippen LogP contribution is 2.37. The number of nitrogens with two attached hydrogens (primary N) is 1. The molecule has 0 aliphatic heterocycles. The molecule has 0 radical (unpaired) electrons. The van der Waals surface area contributed by atoms with Gasteiger partial charge in [0, 0.05) is 6.54 Å². The molecular weight excluding hydrogens is 222 g/mol. The first kappa shape index (κ1) is 13.6. The molecule has 1 aliphatic carbocycles. The second-order valence-corrected chi connectivity index (χ2v) is 5.69. The third-order valence-electron chi connectivity index (χ3n) is 4.16. The van der Waals surface area contributed by atoms with Crippen LogP contribution in [0.2, 0.25) is 0 Å². The maximum atomic E-state index is 6.14. The van der Waals surface area contributed by atoms with Crippen molar-refractivity contribution in [1.82, 2.24) is 0 Å². The minimum Gasteiger partial charge on any atom is -0.369 e. The molecule has 2 rings (SSSR count). The average molecular weight is 247 g/mol. The molecule has 1 aromatic rings. The summed E-state index contributed by atoms with van der Waals surface area (Å²) in [6.07, 6.45) is 4.55. The summed E-state index contributed by atoms with van der Waals surface area (Å²) in [6.45, 7) is 5.80. The van der Waals surface area contributed by atoms with Crippen LogP contribution >= 0.6 is 0 Å². The Hall–Kier alpha value is -0.860. The molecule has 0 heterocycles. The molecule has 1 fully saturated rings. The van der Waals surface area contributed by atoms with Crippen molar-refractivity contribution in [3.63, 3.8) is 0 Å². The zero-order chi connectivity index (χ0) is 13.0. The number of hydrogen-bond donors (Lipinski definition) is 1. The van der Waals surface area contributed by atoms with Gasteiger partial charge in [-0.2, -0.15) is 0 Å². The molecule has 2 nitrogen and oxygen atoms in total. The maximum Gasteiger partial charge on any atom is 0.0811 e. The summed E-state index contributed by atoms with van der Waals surface area (Å²) < 4.78 is 6.14. The van der Waals surface area contributed by atoms with Crippen LogP contribution in [0, 0.1) is 5.92 Å². The topological polar surface area (TPSA) is 35.2 Å². The molecule has 1 saturated carbocycles. The summed E-state index contributed by atoms with van der Waals surface area (Å²) in [5, 5.41) is 0. The molecule has 1 aliphatic rings. The van der Waals surface area contributed by atoms with E-state index in [0.29, 0.717) is 13.2 Å². The maximum absolute atomic E-state index is 6.14. The molecule has 2 heteroatoms. The fourth-order valence-corrected chi connectivity index (χ4v) is 2.83. The molecule has 0 aromatic heterocycles. The summed E-state index contributed by atoms with van der Waals surface area (Å²) in [5.74, 6) is 0.746. The Labute approximate surface area is 111 Å². The lowest BCUT2D eigenvalue weighted by Crippen LogP contribution is -2.38. The third-order valence-corrected chi connectivity index (χ3v) is 4.16. The molecule has 2 N–H and O–H groups in total. The van der Waals surface area contributed by atoms with Gasteiger partial charge < -0.3 is 10.5 Å². The van der Waals surface area contributed by atoms with E-state index in [1.807, 2.05) is 0 Å².